The Balaban J connectivity index is 1.99. The predicted octanol–water partition coefficient (Wildman–Crippen LogP) is 3.05. The lowest BCUT2D eigenvalue weighted by Gasteiger charge is -2.25. The van der Waals surface area contributed by atoms with Crippen LogP contribution < -0.4 is 5.32 Å². The van der Waals surface area contributed by atoms with Crippen LogP contribution in [0.15, 0.2) is 28.0 Å². The number of nitrogens with one attached hydrogen (secondary N) is 1. The molecule has 3 rings (SSSR count). The molecule has 0 amide bonds. The van der Waals surface area contributed by atoms with E-state index in [1.54, 1.807) is 6.92 Å². The third kappa shape index (κ3) is 3.03. The first-order valence-electron chi connectivity index (χ1n) is 7.68. The number of benzene rings is 1. The Hall–Kier alpha value is -2.08. The first-order valence-corrected chi connectivity index (χ1v) is 8.83. The lowest BCUT2D eigenvalue weighted by atomic mass is 10.0. The molecule has 1 saturated heterocycles. The van der Waals surface area contributed by atoms with Gasteiger partial charge in [-0.05, 0) is 37.0 Å². The number of anilines is 1. The van der Waals surface area contributed by atoms with Crippen LogP contribution in [-0.4, -0.2) is 23.5 Å². The van der Waals surface area contributed by atoms with E-state index in [1.807, 2.05) is 18.2 Å². The van der Waals surface area contributed by atoms with Crippen LogP contribution in [0.5, 0.6) is 0 Å². The summed E-state index contributed by atoms with van der Waals surface area (Å²) in [6.07, 6.45) is 2.11. The Bertz CT molecular complexity index is 774. The molecule has 0 aliphatic carbocycles. The highest BCUT2D eigenvalue weighted by Crippen LogP contribution is 2.42. The first kappa shape index (κ1) is 15.8. The Morgan fingerprint density at radius 1 is 1.39 bits per heavy atom. The van der Waals surface area contributed by atoms with Gasteiger partial charge in [-0.3, -0.25) is 0 Å². The van der Waals surface area contributed by atoms with E-state index in [1.165, 1.54) is 0 Å². The van der Waals surface area contributed by atoms with Gasteiger partial charge in [0.1, 0.15) is 0 Å². The summed E-state index contributed by atoms with van der Waals surface area (Å²) >= 11 is 0. The number of rotatable bonds is 3. The van der Waals surface area contributed by atoms with Crippen LogP contribution in [0.25, 0.3) is 5.57 Å². The van der Waals surface area contributed by atoms with Crippen LogP contribution in [0.4, 0.5) is 5.69 Å². The van der Waals surface area contributed by atoms with Crippen molar-refractivity contribution >= 4 is 22.1 Å². The van der Waals surface area contributed by atoms with E-state index in [0.29, 0.717) is 10.9 Å². The Labute approximate surface area is 139 Å². The average molecular weight is 326 g/mol. The van der Waals surface area contributed by atoms with Crippen LogP contribution in [0.2, 0.25) is 0 Å². The van der Waals surface area contributed by atoms with E-state index in [2.05, 4.69) is 23.2 Å². The molecule has 0 bridgehead atoms. The number of ether oxygens (including phenoxy) is 1. The van der Waals surface area contributed by atoms with Gasteiger partial charge in [-0.2, -0.15) is 5.26 Å². The molecule has 0 aromatic heterocycles. The second kappa shape index (κ2) is 7.00. The van der Waals surface area contributed by atoms with E-state index in [4.69, 9.17) is 10.00 Å². The fourth-order valence-corrected chi connectivity index (χ4v) is 4.50. The zero-order valence-corrected chi connectivity index (χ0v) is 13.8. The van der Waals surface area contributed by atoms with Gasteiger partial charge in [-0.15, -0.1) is 5.92 Å². The van der Waals surface area contributed by atoms with Crippen molar-refractivity contribution in [2.75, 3.05) is 18.5 Å². The van der Waals surface area contributed by atoms with Gasteiger partial charge >= 0.3 is 0 Å². The highest BCUT2D eigenvalue weighted by atomic mass is 32.2. The largest absolute Gasteiger partial charge is 0.381 e. The van der Waals surface area contributed by atoms with Gasteiger partial charge < -0.3 is 10.1 Å². The minimum atomic E-state index is -1.32. The van der Waals surface area contributed by atoms with E-state index in [9.17, 15) is 4.21 Å². The smallest absolute Gasteiger partial charge is 0.0985 e. The van der Waals surface area contributed by atoms with Crippen LogP contribution in [0.1, 0.15) is 31.7 Å². The molecule has 4 nitrogen and oxygen atoms in total. The number of hydrogen-bond acceptors (Lipinski definition) is 4. The minimum absolute atomic E-state index is 0.226. The number of nitrogens with zero attached hydrogens (tertiary/aromatic N) is 1. The summed E-state index contributed by atoms with van der Waals surface area (Å²) in [7, 11) is -1.32. The normalized spacial score (nSPS) is 20.4. The standard InChI is InChI=1S/C18H18N2O2S/c1-2-4-17-14(7-10-19)15-5-3-6-16(18(15)23(17)21)20-13-8-11-22-12-9-13/h3,5-6,13,20H,7-9,11-12H2,1H3. The maximum atomic E-state index is 12.9. The van der Waals surface area contributed by atoms with Gasteiger partial charge in [0, 0.05) is 19.3 Å². The van der Waals surface area contributed by atoms with Crippen molar-refractivity contribution in [2.45, 2.75) is 37.1 Å². The molecule has 1 unspecified atom stereocenters. The summed E-state index contributed by atoms with van der Waals surface area (Å²) < 4.78 is 18.3. The lowest BCUT2D eigenvalue weighted by Crippen LogP contribution is -2.28. The number of nitriles is 1. The van der Waals surface area contributed by atoms with Gasteiger partial charge in [-0.25, -0.2) is 4.21 Å². The minimum Gasteiger partial charge on any atom is -0.381 e. The molecule has 2 heterocycles. The third-order valence-corrected chi connectivity index (χ3v) is 5.59. The molecule has 0 saturated carbocycles. The van der Waals surface area contributed by atoms with Gasteiger partial charge in [0.2, 0.25) is 0 Å². The molecule has 118 valence electrons. The molecule has 1 N–H and O–H groups in total. The predicted molar refractivity (Wildman–Crippen MR) is 90.9 cm³/mol. The lowest BCUT2D eigenvalue weighted by molar-refractivity contribution is 0.0904. The molecular weight excluding hydrogens is 308 g/mol. The van der Waals surface area contributed by atoms with Crippen molar-refractivity contribution in [1.29, 1.82) is 5.26 Å². The summed E-state index contributed by atoms with van der Waals surface area (Å²) in [5.41, 5.74) is 2.57. The van der Waals surface area contributed by atoms with Crippen LogP contribution >= 0.6 is 0 Å². The van der Waals surface area contributed by atoms with Crippen molar-refractivity contribution in [3.8, 4) is 17.9 Å². The quantitative estimate of drug-likeness (QED) is 0.867. The average Bonchev–Trinajstić information content (AvgIpc) is 2.83. The Kier molecular flexibility index (Phi) is 4.81. The van der Waals surface area contributed by atoms with Gasteiger partial charge in [-0.1, -0.05) is 18.1 Å². The molecule has 23 heavy (non-hydrogen) atoms. The summed E-state index contributed by atoms with van der Waals surface area (Å²) in [5.74, 6) is 5.75. The van der Waals surface area contributed by atoms with Gasteiger partial charge in [0.25, 0.3) is 0 Å². The van der Waals surface area contributed by atoms with Crippen LogP contribution in [0.3, 0.4) is 0 Å². The zero-order valence-electron chi connectivity index (χ0n) is 13.0. The first-order chi connectivity index (χ1) is 11.3. The van der Waals surface area contributed by atoms with Crippen molar-refractivity contribution in [1.82, 2.24) is 0 Å². The maximum absolute atomic E-state index is 12.9. The zero-order chi connectivity index (χ0) is 16.2. The van der Waals surface area contributed by atoms with Crippen molar-refractivity contribution in [3.05, 3.63) is 28.7 Å². The maximum Gasteiger partial charge on any atom is 0.0985 e. The van der Waals surface area contributed by atoms with Gasteiger partial charge in [0.05, 0.1) is 38.8 Å². The molecule has 5 heteroatoms. The topological polar surface area (TPSA) is 62.1 Å². The fourth-order valence-electron chi connectivity index (χ4n) is 2.98. The highest BCUT2D eigenvalue weighted by Gasteiger charge is 2.30. The molecule has 2 aliphatic rings. The summed E-state index contributed by atoms with van der Waals surface area (Å²) in [5, 5.41) is 12.6. The Morgan fingerprint density at radius 2 is 2.17 bits per heavy atom. The SMILES string of the molecule is CC#CC1=C(CC#N)c2cccc(NC3CCOCC3)c2S1=O. The second-order valence-electron chi connectivity index (χ2n) is 5.50. The van der Waals surface area contributed by atoms with Crippen molar-refractivity contribution in [3.63, 3.8) is 0 Å². The second-order valence-corrected chi connectivity index (χ2v) is 6.85. The molecule has 1 aromatic rings. The summed E-state index contributed by atoms with van der Waals surface area (Å²) in [6, 6.07) is 8.32. The summed E-state index contributed by atoms with van der Waals surface area (Å²) in [4.78, 5) is 1.34. The Morgan fingerprint density at radius 3 is 2.87 bits per heavy atom. The highest BCUT2D eigenvalue weighted by molar-refractivity contribution is 7.90. The van der Waals surface area contributed by atoms with E-state index in [0.717, 1.165) is 47.8 Å². The molecule has 1 aromatic carbocycles. The van der Waals surface area contributed by atoms with E-state index >= 15 is 0 Å². The number of fused-ring (bicyclic) bond motifs is 1. The molecule has 0 radical (unpaired) electrons. The summed E-state index contributed by atoms with van der Waals surface area (Å²) in [6.45, 7) is 3.22. The van der Waals surface area contributed by atoms with E-state index < -0.39 is 10.8 Å². The van der Waals surface area contributed by atoms with E-state index in [-0.39, 0.29) is 6.42 Å². The number of allylic oxidation sites excluding steroid dienone is 2. The fraction of sp³-hybridized carbons (Fsp3) is 0.389. The van der Waals surface area contributed by atoms with Crippen LogP contribution in [0, 0.1) is 23.2 Å². The van der Waals surface area contributed by atoms with Gasteiger partial charge in [0.15, 0.2) is 0 Å². The van der Waals surface area contributed by atoms with Crippen LogP contribution in [-0.2, 0) is 15.5 Å². The third-order valence-electron chi connectivity index (χ3n) is 4.06. The molecule has 0 spiro atoms. The molecule has 1 fully saturated rings. The van der Waals surface area contributed by atoms with Crippen molar-refractivity contribution < 1.29 is 8.95 Å². The van der Waals surface area contributed by atoms with Crippen molar-refractivity contribution in [2.24, 2.45) is 0 Å². The molecule has 1 atom stereocenters. The number of hydrogen-bond donors (Lipinski definition) is 1. The monoisotopic (exact) mass is 326 g/mol. The molecule has 2 aliphatic heterocycles. The molecular formula is C18H18N2O2S.